The van der Waals surface area contributed by atoms with Crippen LogP contribution in [-0.2, 0) is 14.4 Å². The van der Waals surface area contributed by atoms with Gasteiger partial charge in [0, 0.05) is 5.92 Å². The normalized spacial score (nSPS) is 15.2. The van der Waals surface area contributed by atoms with Gasteiger partial charge in [0.05, 0.1) is 11.1 Å². The van der Waals surface area contributed by atoms with Crippen molar-refractivity contribution in [2.45, 2.75) is 52.2 Å². The smallest absolute Gasteiger partial charge is 0.408 e. The van der Waals surface area contributed by atoms with Gasteiger partial charge in [0.15, 0.2) is 0 Å². The van der Waals surface area contributed by atoms with E-state index < -0.39 is 41.4 Å². The van der Waals surface area contributed by atoms with Crippen LogP contribution in [0.4, 0.5) is 4.79 Å². The van der Waals surface area contributed by atoms with E-state index in [-0.39, 0.29) is 17.0 Å². The first-order valence-electron chi connectivity index (χ1n) is 10.7. The number of alkyl carbamates (subject to hydrolysis) is 1. The fraction of sp³-hybridized carbons (Fsp3) is 0.360. The maximum absolute atomic E-state index is 13.3. The molecule has 3 amide bonds. The molecule has 2 unspecified atom stereocenters. The first-order chi connectivity index (χ1) is 15.5. The Morgan fingerprint density at radius 2 is 1.39 bits per heavy atom. The summed E-state index contributed by atoms with van der Waals surface area (Å²) in [4.78, 5) is 56.5. The van der Waals surface area contributed by atoms with E-state index in [0.717, 1.165) is 5.56 Å². The summed E-state index contributed by atoms with van der Waals surface area (Å²) in [7, 11) is 0. The number of carbonyl (C=O) groups is 4. The summed E-state index contributed by atoms with van der Waals surface area (Å²) in [6.45, 7) is 8.91. The van der Waals surface area contributed by atoms with Crippen molar-refractivity contribution in [2.24, 2.45) is 5.92 Å². The van der Waals surface area contributed by atoms with Crippen LogP contribution in [-0.4, -0.2) is 40.6 Å². The van der Waals surface area contributed by atoms with Gasteiger partial charge in [-0.05, 0) is 44.4 Å². The Balaban J connectivity index is 1.91. The second kappa shape index (κ2) is 9.44. The Kier molecular flexibility index (Phi) is 6.86. The molecule has 1 heterocycles. The molecule has 0 bridgehead atoms. The number of carbonyl (C=O) groups excluding carboxylic acids is 4. The number of nitrogens with one attached hydrogen (secondary N) is 1. The first kappa shape index (κ1) is 24.0. The van der Waals surface area contributed by atoms with Crippen LogP contribution in [0.1, 0.15) is 66.8 Å². The van der Waals surface area contributed by atoms with Crippen molar-refractivity contribution in [3.8, 4) is 0 Å². The molecule has 0 saturated heterocycles. The molecule has 2 aromatic rings. The number of hydroxylamine groups is 2. The van der Waals surface area contributed by atoms with E-state index in [9.17, 15) is 19.2 Å². The quantitative estimate of drug-likeness (QED) is 0.663. The second-order valence-corrected chi connectivity index (χ2v) is 9.16. The van der Waals surface area contributed by atoms with Crippen LogP contribution in [0.5, 0.6) is 0 Å². The highest BCUT2D eigenvalue weighted by atomic mass is 16.7. The molecular weight excluding hydrogens is 424 g/mol. The van der Waals surface area contributed by atoms with Crippen molar-refractivity contribution >= 4 is 23.9 Å². The van der Waals surface area contributed by atoms with E-state index in [4.69, 9.17) is 9.57 Å². The van der Waals surface area contributed by atoms with Gasteiger partial charge in [-0.25, -0.2) is 9.59 Å². The molecule has 8 heteroatoms. The van der Waals surface area contributed by atoms with Gasteiger partial charge in [0.1, 0.15) is 11.6 Å². The summed E-state index contributed by atoms with van der Waals surface area (Å²) in [5.74, 6) is -3.04. The standard InChI is InChI=1S/C25H28N2O6/c1-15(2)19(16-11-7-6-8-12-16)20(26-24(31)32-25(3,4)5)23(30)33-27-21(28)17-13-9-10-14-18(17)22(27)29/h6-15,19-20H,1-5H3,(H,26,31). The number of hydrogen-bond acceptors (Lipinski definition) is 6. The van der Waals surface area contributed by atoms with Gasteiger partial charge in [-0.3, -0.25) is 9.59 Å². The molecule has 174 valence electrons. The van der Waals surface area contributed by atoms with Crippen molar-refractivity contribution in [1.82, 2.24) is 10.4 Å². The Hall–Kier alpha value is -3.68. The molecule has 0 fully saturated rings. The summed E-state index contributed by atoms with van der Waals surface area (Å²) in [6, 6.07) is 14.2. The number of nitrogens with zero attached hydrogens (tertiary/aromatic N) is 1. The zero-order valence-electron chi connectivity index (χ0n) is 19.3. The Morgan fingerprint density at radius 1 is 0.879 bits per heavy atom. The van der Waals surface area contributed by atoms with E-state index in [0.29, 0.717) is 5.06 Å². The lowest BCUT2D eigenvalue weighted by Gasteiger charge is -2.31. The zero-order chi connectivity index (χ0) is 24.3. The van der Waals surface area contributed by atoms with Crippen LogP contribution in [0.15, 0.2) is 54.6 Å². The predicted molar refractivity (Wildman–Crippen MR) is 120 cm³/mol. The minimum atomic E-state index is -1.22. The highest BCUT2D eigenvalue weighted by Crippen LogP contribution is 2.30. The third-order valence-electron chi connectivity index (χ3n) is 5.13. The van der Waals surface area contributed by atoms with Crippen molar-refractivity contribution in [3.63, 3.8) is 0 Å². The van der Waals surface area contributed by atoms with E-state index in [1.54, 1.807) is 32.9 Å². The molecule has 0 saturated carbocycles. The predicted octanol–water partition coefficient (Wildman–Crippen LogP) is 4.07. The van der Waals surface area contributed by atoms with Crippen LogP contribution in [0.25, 0.3) is 0 Å². The van der Waals surface area contributed by atoms with Crippen LogP contribution in [0.3, 0.4) is 0 Å². The number of ether oxygens (including phenoxy) is 1. The minimum Gasteiger partial charge on any atom is -0.444 e. The largest absolute Gasteiger partial charge is 0.444 e. The van der Waals surface area contributed by atoms with Gasteiger partial charge in [0.25, 0.3) is 11.8 Å². The Labute approximate surface area is 192 Å². The van der Waals surface area contributed by atoms with Crippen molar-refractivity contribution < 1.29 is 28.8 Å². The molecule has 0 aliphatic carbocycles. The molecule has 0 spiro atoms. The van der Waals surface area contributed by atoms with Gasteiger partial charge in [-0.2, -0.15) is 0 Å². The number of rotatable bonds is 6. The van der Waals surface area contributed by atoms with Gasteiger partial charge in [-0.15, -0.1) is 0 Å². The average molecular weight is 453 g/mol. The maximum Gasteiger partial charge on any atom is 0.408 e. The SMILES string of the molecule is CC(C)C(c1ccccc1)C(NC(=O)OC(C)(C)C)C(=O)ON1C(=O)c2ccccc2C1=O. The van der Waals surface area contributed by atoms with Crippen molar-refractivity contribution in [1.29, 1.82) is 0 Å². The van der Waals surface area contributed by atoms with Gasteiger partial charge in [-0.1, -0.05) is 61.4 Å². The summed E-state index contributed by atoms with van der Waals surface area (Å²) in [5, 5.41) is 3.04. The highest BCUT2D eigenvalue weighted by molar-refractivity contribution is 6.21. The Bertz CT molecular complexity index is 1020. The number of hydrogen-bond donors (Lipinski definition) is 1. The topological polar surface area (TPSA) is 102 Å². The molecule has 3 rings (SSSR count). The monoisotopic (exact) mass is 452 g/mol. The van der Waals surface area contributed by atoms with Crippen LogP contribution in [0.2, 0.25) is 0 Å². The second-order valence-electron chi connectivity index (χ2n) is 9.16. The van der Waals surface area contributed by atoms with Crippen LogP contribution < -0.4 is 5.32 Å². The molecular formula is C25H28N2O6. The third-order valence-corrected chi connectivity index (χ3v) is 5.13. The number of imide groups is 1. The van der Waals surface area contributed by atoms with Crippen LogP contribution >= 0.6 is 0 Å². The molecule has 1 aliphatic heterocycles. The Morgan fingerprint density at radius 3 is 1.88 bits per heavy atom. The van der Waals surface area contributed by atoms with E-state index in [1.807, 2.05) is 44.2 Å². The zero-order valence-corrected chi connectivity index (χ0v) is 19.3. The minimum absolute atomic E-state index is 0.109. The van der Waals surface area contributed by atoms with Crippen molar-refractivity contribution in [3.05, 3.63) is 71.3 Å². The molecule has 0 radical (unpaired) electrons. The molecule has 1 aliphatic rings. The third kappa shape index (κ3) is 5.39. The molecule has 8 nitrogen and oxygen atoms in total. The highest BCUT2D eigenvalue weighted by Gasteiger charge is 2.42. The van der Waals surface area contributed by atoms with E-state index in [1.165, 1.54) is 12.1 Å². The molecule has 2 atom stereocenters. The van der Waals surface area contributed by atoms with Gasteiger partial charge in [0.2, 0.25) is 0 Å². The van der Waals surface area contributed by atoms with Gasteiger partial charge >= 0.3 is 12.1 Å². The molecule has 0 aromatic heterocycles. The fourth-order valence-corrected chi connectivity index (χ4v) is 3.76. The number of benzene rings is 2. The molecule has 1 N–H and O–H groups in total. The summed E-state index contributed by atoms with van der Waals surface area (Å²) in [5.41, 5.74) is 0.292. The molecule has 2 aromatic carbocycles. The lowest BCUT2D eigenvalue weighted by molar-refractivity contribution is -0.172. The first-order valence-corrected chi connectivity index (χ1v) is 10.7. The summed E-state index contributed by atoms with van der Waals surface area (Å²) >= 11 is 0. The maximum atomic E-state index is 13.3. The van der Waals surface area contributed by atoms with E-state index in [2.05, 4.69) is 5.32 Å². The summed E-state index contributed by atoms with van der Waals surface area (Å²) in [6.07, 6.45) is -0.812. The molecule has 33 heavy (non-hydrogen) atoms. The van der Waals surface area contributed by atoms with E-state index >= 15 is 0 Å². The fourth-order valence-electron chi connectivity index (χ4n) is 3.76. The average Bonchev–Trinajstić information content (AvgIpc) is 2.97. The lowest BCUT2D eigenvalue weighted by atomic mass is 9.82. The number of fused-ring (bicyclic) bond motifs is 1. The summed E-state index contributed by atoms with van der Waals surface area (Å²) < 4.78 is 5.34. The number of amides is 3. The lowest BCUT2D eigenvalue weighted by Crippen LogP contribution is -2.50. The van der Waals surface area contributed by atoms with Crippen LogP contribution in [0, 0.1) is 5.92 Å². The van der Waals surface area contributed by atoms with Gasteiger partial charge < -0.3 is 14.9 Å². The van der Waals surface area contributed by atoms with Crippen molar-refractivity contribution in [2.75, 3.05) is 0 Å².